The van der Waals surface area contributed by atoms with Crippen molar-refractivity contribution < 1.29 is 61.9 Å². The Morgan fingerprint density at radius 1 is 0.421 bits per heavy atom. The van der Waals surface area contributed by atoms with Crippen molar-refractivity contribution >= 4 is 41.1 Å². The van der Waals surface area contributed by atoms with Gasteiger partial charge in [0.1, 0.15) is 79.7 Å². The van der Waals surface area contributed by atoms with E-state index in [1.54, 1.807) is 32.0 Å². The van der Waals surface area contributed by atoms with Gasteiger partial charge in [0.05, 0.1) is 0 Å². The number of carbonyl (C=O) groups is 5. The molecule has 2 amide bonds. The highest BCUT2D eigenvalue weighted by Gasteiger charge is 2.23. The zero-order valence-electron chi connectivity index (χ0n) is 56.7. The summed E-state index contributed by atoms with van der Waals surface area (Å²) in [5.74, 6) is 4.36. The molecule has 10 rings (SSSR count). The Kier molecular flexibility index (Phi) is 31.3. The Balaban J connectivity index is 0.000000188. The number of anilines is 2. The van der Waals surface area contributed by atoms with Crippen molar-refractivity contribution in [1.82, 2.24) is 24.5 Å². The first-order chi connectivity index (χ1) is 45.9. The van der Waals surface area contributed by atoms with Crippen molar-refractivity contribution in [3.63, 3.8) is 0 Å². The first-order valence-corrected chi connectivity index (χ1v) is 32.7. The molecule has 0 saturated carbocycles. The molecular formula is C75H97N7O13. The number of nitrogens with zero attached hydrogens (tertiary/aromatic N) is 5. The fourth-order valence-electron chi connectivity index (χ4n) is 9.98. The quantitative estimate of drug-likeness (QED) is 0.0355. The summed E-state index contributed by atoms with van der Waals surface area (Å²) >= 11 is 0. The molecule has 0 bridgehead atoms. The average Bonchev–Trinajstić information content (AvgIpc) is 0.922. The minimum atomic E-state index is -0.450. The Labute approximate surface area is 561 Å². The molecule has 2 N–H and O–H groups in total. The molecule has 0 saturated heterocycles. The van der Waals surface area contributed by atoms with E-state index < -0.39 is 17.9 Å². The van der Waals surface area contributed by atoms with Crippen LogP contribution >= 0.6 is 0 Å². The van der Waals surface area contributed by atoms with Crippen LogP contribution in [-0.2, 0) is 56.7 Å². The summed E-state index contributed by atoms with van der Waals surface area (Å²) in [6.45, 7) is 43.9. The van der Waals surface area contributed by atoms with Gasteiger partial charge in [-0.25, -0.2) is 14.4 Å². The van der Waals surface area contributed by atoms with Crippen molar-refractivity contribution in [3.05, 3.63) is 181 Å². The summed E-state index contributed by atoms with van der Waals surface area (Å²) < 4.78 is 43.8. The lowest BCUT2D eigenvalue weighted by Crippen LogP contribution is -2.32. The number of hydrogen-bond donors (Lipinski definition) is 2. The predicted molar refractivity (Wildman–Crippen MR) is 371 cm³/mol. The molecule has 5 heterocycles. The van der Waals surface area contributed by atoms with E-state index in [2.05, 4.69) is 103 Å². The maximum Gasteiger partial charge on any atom is 0.338 e. The molecule has 20 nitrogen and oxygen atoms in total. The number of carbonyl (C=O) groups excluding carboxylic acids is 5. The predicted octanol–water partition coefficient (Wildman–Crippen LogP) is 13.7. The molecule has 5 aromatic carbocycles. The summed E-state index contributed by atoms with van der Waals surface area (Å²) in [5, 5.41) is 5.61. The molecule has 20 heteroatoms. The highest BCUT2D eigenvalue weighted by Crippen LogP contribution is 2.34. The molecule has 0 aliphatic carbocycles. The van der Waals surface area contributed by atoms with Crippen molar-refractivity contribution in [2.45, 2.75) is 133 Å². The third-order valence-electron chi connectivity index (χ3n) is 15.4. The van der Waals surface area contributed by atoms with E-state index in [0.717, 1.165) is 158 Å². The number of benzene rings is 5. The zero-order valence-corrected chi connectivity index (χ0v) is 56.7. The molecule has 5 aliphatic heterocycles. The van der Waals surface area contributed by atoms with E-state index >= 15 is 0 Å². The van der Waals surface area contributed by atoms with Gasteiger partial charge in [0.25, 0.3) is 5.91 Å². The second-order valence-corrected chi connectivity index (χ2v) is 23.4. The molecule has 0 atom stereocenters. The number of ether oxygens (including phenoxy) is 8. The van der Waals surface area contributed by atoms with Crippen LogP contribution in [0.25, 0.3) is 0 Å². The van der Waals surface area contributed by atoms with Crippen LogP contribution in [0.5, 0.6) is 46.0 Å². The molecule has 0 unspecified atom stereocenters. The Hall–Kier alpha value is -9.05. The van der Waals surface area contributed by atoms with Crippen molar-refractivity contribution in [2.75, 3.05) is 77.0 Å². The fraction of sp³-hybridized carbons (Fsp3) is 0.400. The second-order valence-electron chi connectivity index (χ2n) is 23.4. The van der Waals surface area contributed by atoms with E-state index in [0.29, 0.717) is 62.0 Å². The first-order valence-electron chi connectivity index (χ1n) is 32.7. The third kappa shape index (κ3) is 25.0. The summed E-state index contributed by atoms with van der Waals surface area (Å²) in [4.78, 5) is 67.9. The fourth-order valence-corrected chi connectivity index (χ4v) is 9.98. The van der Waals surface area contributed by atoms with E-state index in [1.807, 2.05) is 72.8 Å². The van der Waals surface area contributed by atoms with Gasteiger partial charge in [-0.2, -0.15) is 0 Å². The lowest BCUT2D eigenvalue weighted by Gasteiger charge is -2.29. The van der Waals surface area contributed by atoms with Gasteiger partial charge < -0.3 is 48.5 Å². The smallest absolute Gasteiger partial charge is 0.338 e. The van der Waals surface area contributed by atoms with E-state index in [1.165, 1.54) is 44.6 Å². The number of unbranched alkanes of at least 4 members (excludes halogenated alkanes) is 4. The lowest BCUT2D eigenvalue weighted by molar-refractivity contribution is -0.130. The number of amides is 2. The number of esters is 3. The number of nitrogens with one attached hydrogen (secondary N) is 2. The van der Waals surface area contributed by atoms with Crippen LogP contribution in [-0.4, -0.2) is 121 Å². The van der Waals surface area contributed by atoms with Crippen molar-refractivity contribution in [1.29, 1.82) is 0 Å². The van der Waals surface area contributed by atoms with Gasteiger partial charge in [-0.05, 0) is 143 Å². The molecule has 0 aromatic heterocycles. The Bertz CT molecular complexity index is 3260. The maximum absolute atomic E-state index is 11.6. The van der Waals surface area contributed by atoms with Crippen LogP contribution in [0.1, 0.15) is 128 Å². The SMILES string of the molecule is C=C(C)C(=O)Nc1ccc2c(c1)CN(CCCC)CO2.C=C(C)C(=O)Oc1ccc2c(c1)CN(CCCC)CO2.C=CC(=O)Nc1ccc2c(c1)CN(CCCC)CO2.C=CC(=O)Oc1ccc2c(c1)CN(CC)CO2.C=CC(=O)Oc1ccc2c(c1)CN(CCCC)CO2. The number of hydrogen-bond acceptors (Lipinski definition) is 18. The van der Waals surface area contributed by atoms with Crippen molar-refractivity contribution in [2.24, 2.45) is 0 Å². The Morgan fingerprint density at radius 2 is 0.737 bits per heavy atom. The monoisotopic (exact) mass is 1300 g/mol. The molecule has 95 heavy (non-hydrogen) atoms. The summed E-state index contributed by atoms with van der Waals surface area (Å²) in [7, 11) is 0. The minimum absolute atomic E-state index is 0.149. The normalized spacial score (nSPS) is 14.4. The molecular weight excluding hydrogens is 1210 g/mol. The van der Waals surface area contributed by atoms with Gasteiger partial charge in [0, 0.05) is 121 Å². The minimum Gasteiger partial charge on any atom is -0.478 e. The van der Waals surface area contributed by atoms with E-state index in [9.17, 15) is 24.0 Å². The molecule has 5 aliphatic rings. The van der Waals surface area contributed by atoms with Gasteiger partial charge in [-0.1, -0.05) is 93.2 Å². The van der Waals surface area contributed by atoms with E-state index in [4.69, 9.17) is 37.9 Å². The highest BCUT2D eigenvalue weighted by molar-refractivity contribution is 6.03. The van der Waals surface area contributed by atoms with Crippen molar-refractivity contribution in [3.8, 4) is 46.0 Å². The third-order valence-corrected chi connectivity index (χ3v) is 15.4. The highest BCUT2D eigenvalue weighted by atomic mass is 16.5. The number of rotatable bonds is 23. The lowest BCUT2D eigenvalue weighted by atomic mass is 10.1. The molecule has 0 fully saturated rings. The molecule has 0 spiro atoms. The van der Waals surface area contributed by atoms with Crippen LogP contribution < -0.4 is 48.5 Å². The van der Waals surface area contributed by atoms with Gasteiger partial charge >= 0.3 is 17.9 Å². The van der Waals surface area contributed by atoms with Crippen LogP contribution in [0, 0.1) is 0 Å². The molecule has 510 valence electrons. The van der Waals surface area contributed by atoms with Gasteiger partial charge in [0.15, 0.2) is 0 Å². The van der Waals surface area contributed by atoms with Crippen LogP contribution in [0.3, 0.4) is 0 Å². The van der Waals surface area contributed by atoms with Crippen LogP contribution in [0.2, 0.25) is 0 Å². The largest absolute Gasteiger partial charge is 0.478 e. The standard InChI is InChI=1S/C16H22N2O2.C16H21NO3.C15H20N2O2.C15H19NO3.C13H15NO3/c1-4-5-8-18-10-13-9-14(17-16(19)12(2)3)6-7-15(13)20-11-18;1-4-5-8-17-10-13-9-14(20-16(18)12(2)3)6-7-15(13)19-11-17;1-3-5-8-17-10-12-9-13(16-15(18)4-2)6-7-14(12)19-11-17;1-3-5-8-16-10-12-9-13(19-15(17)4-2)6-7-14(12)18-11-16;1-3-13(15)17-11-5-6-12-10(7-11)8-14(4-2)9-16-12/h6-7,9H,2,4-5,8,10-11H2,1,3H3,(H,17,19);6-7,9H,2,4-5,8,10-11H2,1,3H3;4,6-7,9H,2-3,5,8,10-11H2,1H3,(H,16,18);4,6-7,9H,2-3,5,8,10-11H2,1H3;3,5-7H,1,4,8-9H2,2H3. The first kappa shape index (κ1) is 75.0. The summed E-state index contributed by atoms with van der Waals surface area (Å²) in [6, 6.07) is 27.8. The average molecular weight is 1300 g/mol. The Morgan fingerprint density at radius 3 is 1.05 bits per heavy atom. The van der Waals surface area contributed by atoms with Gasteiger partial charge in [-0.15, -0.1) is 0 Å². The summed E-state index contributed by atoms with van der Waals surface area (Å²) in [6.07, 6.45) is 12.9. The van der Waals surface area contributed by atoms with Gasteiger partial charge in [-0.3, -0.25) is 34.1 Å². The molecule has 5 aromatic rings. The summed E-state index contributed by atoms with van der Waals surface area (Å²) in [5.41, 5.74) is 7.84. The second kappa shape index (κ2) is 39.6. The van der Waals surface area contributed by atoms with Crippen LogP contribution in [0.15, 0.2) is 153 Å². The van der Waals surface area contributed by atoms with Crippen LogP contribution in [0.4, 0.5) is 11.4 Å². The number of fused-ring (bicyclic) bond motifs is 5. The van der Waals surface area contributed by atoms with Gasteiger partial charge in [0.2, 0.25) is 5.91 Å². The van der Waals surface area contributed by atoms with E-state index in [-0.39, 0.29) is 11.8 Å². The maximum atomic E-state index is 11.6. The topological polar surface area (TPSA) is 199 Å². The molecule has 0 radical (unpaired) electrons. The zero-order chi connectivity index (χ0) is 68.7.